The summed E-state index contributed by atoms with van der Waals surface area (Å²) in [5.74, 6) is -0.745. The smallest absolute Gasteiger partial charge is 0.416 e. The summed E-state index contributed by atoms with van der Waals surface area (Å²) in [6.07, 6.45) is 4.01. The third-order valence-corrected chi connectivity index (χ3v) is 8.13. The van der Waals surface area contributed by atoms with E-state index in [1.165, 1.54) is 12.1 Å². The van der Waals surface area contributed by atoms with Gasteiger partial charge >= 0.3 is 12.1 Å². The van der Waals surface area contributed by atoms with Crippen LogP contribution in [0.1, 0.15) is 17.5 Å². The Labute approximate surface area is 216 Å². The SMILES string of the molecule is Cc1cc(SCC2(C34NN(c5ccc(C(F)(F)F)cc5)C(O3)N4C)C=CC=CC2)ccc1OCC(=O)O. The molecule has 0 spiro atoms. The lowest BCUT2D eigenvalue weighted by molar-refractivity contribution is -0.341. The van der Waals surface area contributed by atoms with Crippen LogP contribution >= 0.6 is 11.8 Å². The first-order valence-electron chi connectivity index (χ1n) is 11.6. The maximum absolute atomic E-state index is 13.0. The number of fused-ring (bicyclic) bond motifs is 1. The molecule has 0 saturated carbocycles. The Morgan fingerprint density at radius 3 is 2.59 bits per heavy atom. The van der Waals surface area contributed by atoms with E-state index in [4.69, 9.17) is 14.6 Å². The molecule has 37 heavy (non-hydrogen) atoms. The van der Waals surface area contributed by atoms with Gasteiger partial charge in [-0.15, -0.1) is 11.8 Å². The summed E-state index contributed by atoms with van der Waals surface area (Å²) in [6, 6.07) is 10.6. The molecule has 0 aromatic heterocycles. The van der Waals surface area contributed by atoms with E-state index in [1.54, 1.807) is 22.8 Å². The van der Waals surface area contributed by atoms with Crippen LogP contribution in [-0.4, -0.2) is 47.6 Å². The molecule has 7 nitrogen and oxygen atoms in total. The summed E-state index contributed by atoms with van der Waals surface area (Å²) >= 11 is 1.64. The molecule has 3 atom stereocenters. The van der Waals surface area contributed by atoms with Gasteiger partial charge in [-0.05, 0) is 68.4 Å². The maximum Gasteiger partial charge on any atom is 0.416 e. The molecule has 1 aliphatic carbocycles. The van der Waals surface area contributed by atoms with Crippen molar-refractivity contribution >= 4 is 23.4 Å². The van der Waals surface area contributed by atoms with Crippen molar-refractivity contribution in [2.75, 3.05) is 24.4 Å². The molecule has 3 aliphatic heterocycles. The van der Waals surface area contributed by atoms with E-state index >= 15 is 0 Å². The van der Waals surface area contributed by atoms with Crippen molar-refractivity contribution in [3.63, 3.8) is 0 Å². The summed E-state index contributed by atoms with van der Waals surface area (Å²) < 4.78 is 50.8. The summed E-state index contributed by atoms with van der Waals surface area (Å²) in [5.41, 5.74) is 3.68. The molecule has 2 N–H and O–H groups in total. The molecule has 0 radical (unpaired) electrons. The number of rotatable bonds is 8. The number of anilines is 1. The number of hydrazine groups is 1. The summed E-state index contributed by atoms with van der Waals surface area (Å²) in [5, 5.41) is 10.6. The molecule has 2 aromatic carbocycles. The molecule has 3 heterocycles. The number of halogens is 3. The highest BCUT2D eigenvalue weighted by Gasteiger charge is 2.70. The average Bonchev–Trinajstić information content (AvgIpc) is 3.43. The Morgan fingerprint density at radius 2 is 2.00 bits per heavy atom. The Balaban J connectivity index is 1.35. The number of carbonyl (C=O) groups is 1. The quantitative estimate of drug-likeness (QED) is 0.460. The highest BCUT2D eigenvalue weighted by molar-refractivity contribution is 7.99. The second-order valence-corrected chi connectivity index (χ2v) is 10.3. The number of alkyl halides is 3. The van der Waals surface area contributed by atoms with Crippen molar-refractivity contribution in [2.24, 2.45) is 5.41 Å². The van der Waals surface area contributed by atoms with Crippen LogP contribution in [0, 0.1) is 12.3 Å². The van der Waals surface area contributed by atoms with E-state index in [0.29, 0.717) is 23.6 Å². The Morgan fingerprint density at radius 1 is 1.24 bits per heavy atom. The molecule has 4 aliphatic rings. The fraction of sp³-hybridized carbons (Fsp3) is 0.346. The van der Waals surface area contributed by atoms with Crippen molar-refractivity contribution in [3.8, 4) is 5.75 Å². The fourth-order valence-electron chi connectivity index (χ4n) is 4.90. The van der Waals surface area contributed by atoms with Crippen molar-refractivity contribution in [3.05, 3.63) is 77.9 Å². The number of aliphatic carboxylic acids is 1. The van der Waals surface area contributed by atoms with Crippen LogP contribution in [0.25, 0.3) is 0 Å². The molecule has 3 saturated heterocycles. The molecule has 0 amide bonds. The topological polar surface area (TPSA) is 74.3 Å². The molecule has 11 heteroatoms. The minimum absolute atomic E-state index is 0.401. The minimum Gasteiger partial charge on any atom is -0.482 e. The third-order valence-electron chi connectivity index (χ3n) is 6.88. The molecule has 2 bridgehead atoms. The van der Waals surface area contributed by atoms with E-state index in [2.05, 4.69) is 22.5 Å². The van der Waals surface area contributed by atoms with Gasteiger partial charge in [0.2, 0.25) is 12.2 Å². The lowest BCUT2D eigenvalue weighted by atomic mass is 9.76. The number of hydrogen-bond acceptors (Lipinski definition) is 7. The van der Waals surface area contributed by atoms with Crippen LogP contribution in [0.2, 0.25) is 0 Å². The van der Waals surface area contributed by atoms with E-state index in [9.17, 15) is 18.0 Å². The molecule has 196 valence electrons. The number of benzene rings is 2. The second kappa shape index (κ2) is 9.39. The molecule has 3 unspecified atom stereocenters. The zero-order valence-corrected chi connectivity index (χ0v) is 21.0. The predicted molar refractivity (Wildman–Crippen MR) is 133 cm³/mol. The Hall–Kier alpha value is -2.99. The van der Waals surface area contributed by atoms with Crippen molar-refractivity contribution in [1.82, 2.24) is 10.3 Å². The lowest BCUT2D eigenvalue weighted by Gasteiger charge is -2.55. The van der Waals surface area contributed by atoms with Gasteiger partial charge in [-0.3, -0.25) is 5.01 Å². The maximum atomic E-state index is 13.0. The highest BCUT2D eigenvalue weighted by Crippen LogP contribution is 2.55. The number of allylic oxidation sites excluding steroid dienone is 3. The van der Waals surface area contributed by atoms with Gasteiger partial charge in [-0.25, -0.2) is 9.69 Å². The summed E-state index contributed by atoms with van der Waals surface area (Å²) in [6.45, 7) is 1.47. The van der Waals surface area contributed by atoms with Crippen LogP contribution < -0.4 is 15.2 Å². The van der Waals surface area contributed by atoms with Crippen LogP contribution in [-0.2, 0) is 15.7 Å². The molecular weight excluding hydrogens is 507 g/mol. The van der Waals surface area contributed by atoms with E-state index < -0.39 is 41.9 Å². The number of ether oxygens (including phenoxy) is 2. The summed E-state index contributed by atoms with van der Waals surface area (Å²) in [4.78, 5) is 13.9. The Bertz CT molecular complexity index is 1250. The average molecular weight is 534 g/mol. The number of nitrogens with one attached hydrogen (secondary N) is 1. The lowest BCUT2D eigenvalue weighted by Crippen LogP contribution is -2.72. The van der Waals surface area contributed by atoms with Gasteiger partial charge in [0.25, 0.3) is 0 Å². The van der Waals surface area contributed by atoms with E-state index in [-0.39, 0.29) is 0 Å². The predicted octanol–water partition coefficient (Wildman–Crippen LogP) is 5.00. The molecule has 3 fully saturated rings. The van der Waals surface area contributed by atoms with Crippen molar-refractivity contribution in [1.29, 1.82) is 0 Å². The van der Waals surface area contributed by atoms with Crippen molar-refractivity contribution in [2.45, 2.75) is 36.6 Å². The van der Waals surface area contributed by atoms with Crippen LogP contribution in [0.3, 0.4) is 0 Å². The molecule has 6 rings (SSSR count). The number of carboxylic acid groups (broad SMARTS) is 1. The second-order valence-electron chi connectivity index (χ2n) is 9.27. The van der Waals surface area contributed by atoms with E-state index in [0.717, 1.165) is 22.6 Å². The largest absolute Gasteiger partial charge is 0.482 e. The van der Waals surface area contributed by atoms with E-state index in [1.807, 2.05) is 38.3 Å². The Kier molecular flexibility index (Phi) is 6.51. The van der Waals surface area contributed by atoms with Gasteiger partial charge in [0.1, 0.15) is 5.75 Å². The van der Waals surface area contributed by atoms with Gasteiger partial charge < -0.3 is 14.6 Å². The molecular formula is C26H26F3N3O4S. The number of carboxylic acids is 1. The zero-order chi connectivity index (χ0) is 26.4. The highest BCUT2D eigenvalue weighted by atomic mass is 32.2. The number of hydrogen-bond donors (Lipinski definition) is 2. The van der Waals surface area contributed by atoms with Gasteiger partial charge in [0.15, 0.2) is 6.61 Å². The number of aryl methyl sites for hydroxylation is 1. The van der Waals surface area contributed by atoms with Crippen LogP contribution in [0.5, 0.6) is 5.75 Å². The fourth-order valence-corrected chi connectivity index (χ4v) is 6.16. The monoisotopic (exact) mass is 533 g/mol. The summed E-state index contributed by atoms with van der Waals surface area (Å²) in [7, 11) is 1.93. The van der Waals surface area contributed by atoms with Crippen LogP contribution in [0.4, 0.5) is 18.9 Å². The van der Waals surface area contributed by atoms with Gasteiger partial charge in [0.05, 0.1) is 16.7 Å². The third kappa shape index (κ3) is 4.50. The van der Waals surface area contributed by atoms with Crippen LogP contribution in [0.15, 0.2) is 71.7 Å². The zero-order valence-electron chi connectivity index (χ0n) is 20.2. The van der Waals surface area contributed by atoms with Gasteiger partial charge in [-0.1, -0.05) is 24.3 Å². The minimum atomic E-state index is -4.40. The van der Waals surface area contributed by atoms with Gasteiger partial charge in [-0.2, -0.15) is 18.6 Å². The number of nitrogens with zero attached hydrogens (tertiary/aromatic N) is 2. The first-order chi connectivity index (χ1) is 17.5. The first-order valence-corrected chi connectivity index (χ1v) is 12.6. The normalized spacial score (nSPS) is 26.8. The molecule has 2 aromatic rings. The van der Waals surface area contributed by atoms with Gasteiger partial charge in [0, 0.05) is 10.6 Å². The first kappa shape index (κ1) is 25.7. The standard InChI is InChI=1S/C26H26F3N3O4S/c1-17-14-20(10-11-21(17)35-15-22(33)34)37-16-24(12-4-3-5-13-24)26-30-32(23(36-26)31(26)2)19-8-6-18(7-9-19)25(27,28)29/h3-12,14,23,30H,13,15-16H2,1-2H3,(H,33,34). The number of thioether (sulfide) groups is 1. The van der Waals surface area contributed by atoms with Crippen molar-refractivity contribution < 1.29 is 32.5 Å².